The lowest BCUT2D eigenvalue weighted by atomic mass is 10.2. The van der Waals surface area contributed by atoms with Crippen LogP contribution < -0.4 is 15.0 Å². The van der Waals surface area contributed by atoms with Crippen LogP contribution in [0.5, 0.6) is 5.75 Å². The van der Waals surface area contributed by atoms with Crippen LogP contribution in [-0.4, -0.2) is 47.1 Å². The summed E-state index contributed by atoms with van der Waals surface area (Å²) in [5.41, 5.74) is 1.63. The van der Waals surface area contributed by atoms with Crippen molar-refractivity contribution in [2.75, 3.05) is 25.1 Å². The van der Waals surface area contributed by atoms with E-state index in [-0.39, 0.29) is 11.3 Å². The summed E-state index contributed by atoms with van der Waals surface area (Å²) in [4.78, 5) is 18.0. The van der Waals surface area contributed by atoms with Gasteiger partial charge in [0.1, 0.15) is 18.5 Å². The van der Waals surface area contributed by atoms with Crippen LogP contribution in [0.1, 0.15) is 5.82 Å². The van der Waals surface area contributed by atoms with E-state index in [0.29, 0.717) is 25.4 Å². The summed E-state index contributed by atoms with van der Waals surface area (Å²) in [6, 6.07) is 5.62. The summed E-state index contributed by atoms with van der Waals surface area (Å²) in [5.74, 6) is 1.55. The van der Waals surface area contributed by atoms with Crippen LogP contribution in [-0.2, 0) is 16.1 Å². The molecule has 0 bridgehead atoms. The topological polar surface area (TPSA) is 77.9 Å². The molecule has 1 saturated heterocycles. The molecule has 1 aromatic heterocycles. The first kappa shape index (κ1) is 15.7. The first-order valence-electron chi connectivity index (χ1n) is 7.75. The molecule has 2 aliphatic heterocycles. The molecule has 2 aromatic rings. The number of thiocarbonyl (C=S) groups is 1. The van der Waals surface area contributed by atoms with E-state index >= 15 is 0 Å². The Hall–Kier alpha value is -2.81. The fourth-order valence-corrected chi connectivity index (χ4v) is 2.98. The Labute approximate surface area is 149 Å². The number of hydrogen-bond acceptors (Lipinski definition) is 6. The van der Waals surface area contributed by atoms with E-state index in [2.05, 4.69) is 10.3 Å². The summed E-state index contributed by atoms with van der Waals surface area (Å²) in [5, 5.41) is 3.17. The van der Waals surface area contributed by atoms with Gasteiger partial charge >= 0.3 is 6.09 Å². The quantitative estimate of drug-likeness (QED) is 0.833. The Balaban J connectivity index is 1.51. The number of imidazole rings is 1. The van der Waals surface area contributed by atoms with Crippen molar-refractivity contribution in [2.45, 2.75) is 12.7 Å². The van der Waals surface area contributed by atoms with Gasteiger partial charge in [-0.25, -0.2) is 9.78 Å². The van der Waals surface area contributed by atoms with E-state index in [1.165, 1.54) is 7.11 Å². The normalized spacial score (nSPS) is 18.0. The highest BCUT2D eigenvalue weighted by Crippen LogP contribution is 2.34. The van der Waals surface area contributed by atoms with E-state index in [0.717, 1.165) is 17.2 Å². The van der Waals surface area contributed by atoms with Crippen LogP contribution in [0.15, 0.2) is 30.6 Å². The van der Waals surface area contributed by atoms with Crippen molar-refractivity contribution in [1.82, 2.24) is 14.9 Å². The van der Waals surface area contributed by atoms with E-state index in [1.54, 1.807) is 11.1 Å². The molecule has 0 radical (unpaired) electrons. The average molecular weight is 360 g/mol. The molecular weight excluding hydrogens is 344 g/mol. The SMILES string of the molecule is COC(=S)NC[C@H]1CN(c2ccc3c(c2)OCc2nccn2-3)C(=O)O1. The minimum absolute atomic E-state index is 0.271. The second-order valence-electron chi connectivity index (χ2n) is 5.64. The van der Waals surface area contributed by atoms with Crippen LogP contribution in [0.4, 0.5) is 10.5 Å². The molecular formula is C16H16N4O4S. The third-order valence-electron chi connectivity index (χ3n) is 4.12. The van der Waals surface area contributed by atoms with Gasteiger partial charge in [0.2, 0.25) is 0 Å². The molecule has 0 unspecified atom stereocenters. The Morgan fingerprint density at radius 3 is 3.24 bits per heavy atom. The summed E-state index contributed by atoms with van der Waals surface area (Å²) >= 11 is 4.92. The smallest absolute Gasteiger partial charge is 0.414 e. The van der Waals surface area contributed by atoms with Gasteiger partial charge in [-0.3, -0.25) is 9.47 Å². The van der Waals surface area contributed by atoms with Crippen molar-refractivity contribution >= 4 is 29.2 Å². The zero-order chi connectivity index (χ0) is 17.4. The molecule has 1 N–H and O–H groups in total. The number of ether oxygens (including phenoxy) is 3. The van der Waals surface area contributed by atoms with Gasteiger partial charge in [-0.15, -0.1) is 0 Å². The number of cyclic esters (lactones) is 1. The molecule has 1 aromatic carbocycles. The van der Waals surface area contributed by atoms with E-state index in [4.69, 9.17) is 26.4 Å². The number of carbonyl (C=O) groups is 1. The minimum Gasteiger partial charge on any atom is -0.483 e. The molecule has 2 aliphatic rings. The monoisotopic (exact) mass is 360 g/mol. The zero-order valence-corrected chi connectivity index (χ0v) is 14.3. The molecule has 1 atom stereocenters. The number of benzene rings is 1. The van der Waals surface area contributed by atoms with Gasteiger partial charge in [-0.1, -0.05) is 0 Å². The maximum atomic E-state index is 12.2. The number of methoxy groups -OCH3 is 1. The molecule has 130 valence electrons. The number of aromatic nitrogens is 2. The van der Waals surface area contributed by atoms with Crippen LogP contribution in [0, 0.1) is 0 Å². The molecule has 0 spiro atoms. The highest BCUT2D eigenvalue weighted by molar-refractivity contribution is 7.80. The molecule has 0 aliphatic carbocycles. The van der Waals surface area contributed by atoms with Gasteiger partial charge < -0.3 is 19.5 Å². The van der Waals surface area contributed by atoms with Gasteiger partial charge in [-0.05, 0) is 24.4 Å². The number of carbonyl (C=O) groups excluding carboxylic acids is 1. The number of fused-ring (bicyclic) bond motifs is 3. The van der Waals surface area contributed by atoms with Crippen molar-refractivity contribution in [3.63, 3.8) is 0 Å². The fourth-order valence-electron chi connectivity index (χ4n) is 2.90. The molecule has 1 fully saturated rings. The molecule has 4 rings (SSSR count). The van der Waals surface area contributed by atoms with E-state index in [9.17, 15) is 4.79 Å². The maximum absolute atomic E-state index is 12.2. The third kappa shape index (κ3) is 2.86. The van der Waals surface area contributed by atoms with Crippen LogP contribution >= 0.6 is 12.2 Å². The molecule has 3 heterocycles. The highest BCUT2D eigenvalue weighted by atomic mass is 32.1. The lowest BCUT2D eigenvalue weighted by Crippen LogP contribution is -2.34. The lowest BCUT2D eigenvalue weighted by molar-refractivity contribution is 0.142. The molecule has 9 heteroatoms. The van der Waals surface area contributed by atoms with Gasteiger partial charge in [0, 0.05) is 18.5 Å². The van der Waals surface area contributed by atoms with Gasteiger partial charge in [0.05, 0.1) is 31.6 Å². The first-order valence-corrected chi connectivity index (χ1v) is 8.16. The van der Waals surface area contributed by atoms with Crippen molar-refractivity contribution < 1.29 is 19.0 Å². The Kier molecular flexibility index (Phi) is 3.92. The predicted molar refractivity (Wildman–Crippen MR) is 93.1 cm³/mol. The Morgan fingerprint density at radius 2 is 2.40 bits per heavy atom. The minimum atomic E-state index is -0.394. The van der Waals surface area contributed by atoms with Crippen molar-refractivity contribution in [3.8, 4) is 11.4 Å². The van der Waals surface area contributed by atoms with E-state index < -0.39 is 6.09 Å². The zero-order valence-electron chi connectivity index (χ0n) is 13.5. The number of hydrogen-bond donors (Lipinski definition) is 1. The molecule has 1 amide bonds. The van der Waals surface area contributed by atoms with Crippen LogP contribution in [0.25, 0.3) is 5.69 Å². The van der Waals surface area contributed by atoms with Crippen molar-refractivity contribution in [2.24, 2.45) is 0 Å². The number of rotatable bonds is 3. The standard InChI is InChI=1S/C16H16N4O4S/c1-22-15(25)18-7-11-8-20(16(21)24-11)10-2-3-12-13(6-10)23-9-14-17-4-5-19(12)14/h2-6,11H,7-9H2,1H3,(H,18,25)/t11-/m0/s1. The number of anilines is 1. The van der Waals surface area contributed by atoms with Crippen molar-refractivity contribution in [1.29, 1.82) is 0 Å². The number of nitrogens with zero attached hydrogens (tertiary/aromatic N) is 3. The average Bonchev–Trinajstić information content (AvgIpc) is 3.25. The number of nitrogens with one attached hydrogen (secondary N) is 1. The second kappa shape index (κ2) is 6.25. The van der Waals surface area contributed by atoms with Gasteiger partial charge in [-0.2, -0.15) is 0 Å². The highest BCUT2D eigenvalue weighted by Gasteiger charge is 2.33. The Bertz CT molecular complexity index is 837. The summed E-state index contributed by atoms with van der Waals surface area (Å²) in [6.45, 7) is 1.22. The van der Waals surface area contributed by atoms with E-state index in [1.807, 2.05) is 29.0 Å². The van der Waals surface area contributed by atoms with Gasteiger partial charge in [0.15, 0.2) is 5.82 Å². The molecule has 25 heavy (non-hydrogen) atoms. The predicted octanol–water partition coefficient (Wildman–Crippen LogP) is 1.61. The summed E-state index contributed by atoms with van der Waals surface area (Å²) < 4.78 is 18.0. The third-order valence-corrected chi connectivity index (χ3v) is 4.43. The number of amides is 1. The summed E-state index contributed by atoms with van der Waals surface area (Å²) in [7, 11) is 1.49. The molecule has 0 saturated carbocycles. The van der Waals surface area contributed by atoms with Crippen LogP contribution in [0.3, 0.4) is 0 Å². The van der Waals surface area contributed by atoms with Crippen molar-refractivity contribution in [3.05, 3.63) is 36.4 Å². The first-order chi connectivity index (χ1) is 12.2. The second-order valence-corrected chi connectivity index (χ2v) is 6.01. The lowest BCUT2D eigenvalue weighted by Gasteiger charge is -2.22. The molecule has 8 nitrogen and oxygen atoms in total. The fraction of sp³-hybridized carbons (Fsp3) is 0.312. The van der Waals surface area contributed by atoms with Crippen LogP contribution in [0.2, 0.25) is 0 Å². The Morgan fingerprint density at radius 1 is 1.52 bits per heavy atom. The largest absolute Gasteiger partial charge is 0.483 e. The van der Waals surface area contributed by atoms with Gasteiger partial charge in [0.25, 0.3) is 5.17 Å². The maximum Gasteiger partial charge on any atom is 0.414 e. The summed E-state index contributed by atoms with van der Waals surface area (Å²) in [6.07, 6.45) is 2.93.